The number of nitrogens with zero attached hydrogens (tertiary/aromatic N) is 1. The van der Waals surface area contributed by atoms with Crippen LogP contribution < -0.4 is 0 Å². The summed E-state index contributed by atoms with van der Waals surface area (Å²) in [6, 6.07) is 0. The highest BCUT2D eigenvalue weighted by Gasteiger charge is 2.27. The third-order valence-electron chi connectivity index (χ3n) is 1.48. The molecule has 0 heterocycles. The Bertz CT molecular complexity index is 100. The van der Waals surface area contributed by atoms with Crippen LogP contribution in [-0.2, 0) is 0 Å². The molecule has 0 bridgehead atoms. The fraction of sp³-hybridized carbons (Fsp3) is 1.00. The number of rotatable bonds is 3. The molecule has 0 aromatic carbocycles. The molecule has 0 spiro atoms. The molecule has 0 aromatic rings. The van der Waals surface area contributed by atoms with Crippen molar-refractivity contribution in [1.29, 1.82) is 0 Å². The number of aliphatic hydroxyl groups excluding tert-OH is 1. The first kappa shape index (κ1) is 10.2. The van der Waals surface area contributed by atoms with E-state index in [0.717, 1.165) is 0 Å². The Kier molecular flexibility index (Phi) is 3.63. The van der Waals surface area contributed by atoms with Crippen LogP contribution in [0.15, 0.2) is 0 Å². The van der Waals surface area contributed by atoms with Crippen molar-refractivity contribution in [3.63, 3.8) is 0 Å². The van der Waals surface area contributed by atoms with E-state index in [1.165, 1.54) is 0 Å². The second-order valence-electron chi connectivity index (χ2n) is 3.46. The predicted octanol–water partition coefficient (Wildman–Crippen LogP) is 1.03. The number of aliphatic hydroxyl groups is 1. The molecule has 0 saturated carbocycles. The average molecular weight is 167 g/mol. The highest BCUT2D eigenvalue weighted by molar-refractivity contribution is 6.19. The maximum Gasteiger partial charge on any atom is 0.190 e. The summed E-state index contributed by atoms with van der Waals surface area (Å²) in [5.41, 5.74) is -0.204. The zero-order chi connectivity index (χ0) is 8.36. The van der Waals surface area contributed by atoms with E-state index < -0.39 is 6.10 Å². The molecular formula is C7H17ClNO+. The number of hydrogen-bond acceptors (Lipinski definition) is 1. The monoisotopic (exact) mass is 166 g/mol. The van der Waals surface area contributed by atoms with E-state index in [0.29, 0.717) is 10.9 Å². The zero-order valence-electron chi connectivity index (χ0n) is 7.13. The van der Waals surface area contributed by atoms with Crippen molar-refractivity contribution < 1.29 is 9.59 Å². The smallest absolute Gasteiger partial charge is 0.190 e. The van der Waals surface area contributed by atoms with Gasteiger partial charge in [-0.2, -0.15) is 0 Å². The molecule has 2 nitrogen and oxygen atoms in total. The van der Waals surface area contributed by atoms with Crippen molar-refractivity contribution in [3.05, 3.63) is 0 Å². The summed E-state index contributed by atoms with van der Waals surface area (Å²) in [5.74, 6) is 0. The number of halogens is 1. The Hall–Kier alpha value is 0.210. The van der Waals surface area contributed by atoms with Crippen LogP contribution >= 0.6 is 11.6 Å². The van der Waals surface area contributed by atoms with Gasteiger partial charge in [0, 0.05) is 0 Å². The van der Waals surface area contributed by atoms with Crippen LogP contribution in [0.2, 0.25) is 0 Å². The molecule has 0 aliphatic rings. The number of likely N-dealkylation sites (N-methyl/N-ethyl adjacent to an activating group) is 1. The second-order valence-corrected chi connectivity index (χ2v) is 3.91. The molecule has 0 aromatic heterocycles. The van der Waals surface area contributed by atoms with E-state index in [1.54, 1.807) is 0 Å². The molecule has 10 heavy (non-hydrogen) atoms. The van der Waals surface area contributed by atoms with Crippen LogP contribution in [0.25, 0.3) is 0 Å². The first-order chi connectivity index (χ1) is 4.39. The van der Waals surface area contributed by atoms with Crippen LogP contribution in [0.4, 0.5) is 0 Å². The van der Waals surface area contributed by atoms with Crippen molar-refractivity contribution in [2.45, 2.75) is 24.9 Å². The van der Waals surface area contributed by atoms with Gasteiger partial charge >= 0.3 is 0 Å². The van der Waals surface area contributed by atoms with E-state index >= 15 is 0 Å². The van der Waals surface area contributed by atoms with Gasteiger partial charge in [0.2, 0.25) is 0 Å². The Morgan fingerprint density at radius 2 is 1.80 bits per heavy atom. The Morgan fingerprint density at radius 1 is 1.40 bits per heavy atom. The minimum atomic E-state index is -0.401. The normalized spacial score (nSPS) is 18.6. The lowest BCUT2D eigenvalue weighted by Crippen LogP contribution is -2.47. The van der Waals surface area contributed by atoms with Gasteiger partial charge in [0.05, 0.1) is 21.1 Å². The molecule has 1 N–H and O–H groups in total. The van der Waals surface area contributed by atoms with E-state index in [2.05, 4.69) is 0 Å². The largest absolute Gasteiger partial charge is 0.385 e. The summed E-state index contributed by atoms with van der Waals surface area (Å²) in [5, 5.41) is 9.31. The minimum absolute atomic E-state index is 0.204. The van der Waals surface area contributed by atoms with E-state index in [-0.39, 0.29) is 5.50 Å². The van der Waals surface area contributed by atoms with Gasteiger partial charge < -0.3 is 9.59 Å². The third kappa shape index (κ3) is 2.86. The molecule has 0 amide bonds. The molecule has 0 saturated heterocycles. The maximum absolute atomic E-state index is 9.31. The van der Waals surface area contributed by atoms with Gasteiger partial charge in [0.15, 0.2) is 5.50 Å². The summed E-state index contributed by atoms with van der Waals surface area (Å²) in [7, 11) is 5.91. The highest BCUT2D eigenvalue weighted by atomic mass is 35.5. The fourth-order valence-corrected chi connectivity index (χ4v) is 0.889. The van der Waals surface area contributed by atoms with Crippen LogP contribution in [0.3, 0.4) is 0 Å². The molecule has 0 fully saturated rings. The molecule has 0 rings (SSSR count). The standard InChI is InChI=1S/C7H17ClNO/c1-5-6(10)7(8)9(2,3)4/h6-7,10H,5H2,1-4H3/q+1/t6-,7-/m1/s1. The fourth-order valence-electron chi connectivity index (χ4n) is 0.711. The lowest BCUT2D eigenvalue weighted by molar-refractivity contribution is -0.886. The van der Waals surface area contributed by atoms with Gasteiger partial charge in [-0.3, -0.25) is 0 Å². The predicted molar refractivity (Wildman–Crippen MR) is 44.0 cm³/mol. The Labute approximate surface area is 68.0 Å². The maximum atomic E-state index is 9.31. The minimum Gasteiger partial charge on any atom is -0.385 e. The van der Waals surface area contributed by atoms with Crippen LogP contribution in [0, 0.1) is 0 Å². The van der Waals surface area contributed by atoms with Crippen LogP contribution in [0.1, 0.15) is 13.3 Å². The number of hydrogen-bond donors (Lipinski definition) is 1. The highest BCUT2D eigenvalue weighted by Crippen LogP contribution is 2.14. The SMILES string of the molecule is CC[C@@H](O)[C@H](Cl)[N+](C)(C)C. The van der Waals surface area contributed by atoms with Crippen molar-refractivity contribution in [2.24, 2.45) is 0 Å². The van der Waals surface area contributed by atoms with Crippen LogP contribution in [0.5, 0.6) is 0 Å². The van der Waals surface area contributed by atoms with E-state index in [4.69, 9.17) is 11.6 Å². The quantitative estimate of drug-likeness (QED) is 0.377. The summed E-state index contributed by atoms with van der Waals surface area (Å²) in [6.45, 7) is 1.93. The van der Waals surface area contributed by atoms with Crippen molar-refractivity contribution in [3.8, 4) is 0 Å². The van der Waals surface area contributed by atoms with Gasteiger partial charge in [0.25, 0.3) is 0 Å². The molecule has 0 radical (unpaired) electrons. The van der Waals surface area contributed by atoms with Gasteiger partial charge in [-0.15, -0.1) is 0 Å². The van der Waals surface area contributed by atoms with Crippen LogP contribution in [-0.4, -0.2) is 42.3 Å². The van der Waals surface area contributed by atoms with Gasteiger partial charge in [0.1, 0.15) is 6.10 Å². The average Bonchev–Trinajstić information content (AvgIpc) is 1.83. The Morgan fingerprint density at radius 3 is 1.90 bits per heavy atom. The van der Waals surface area contributed by atoms with Gasteiger partial charge in [-0.25, -0.2) is 0 Å². The summed E-state index contributed by atoms with van der Waals surface area (Å²) in [6.07, 6.45) is 0.311. The van der Waals surface area contributed by atoms with Crippen molar-refractivity contribution in [2.75, 3.05) is 21.1 Å². The Balaban J connectivity index is 3.94. The number of alkyl halides is 1. The zero-order valence-corrected chi connectivity index (χ0v) is 7.89. The topological polar surface area (TPSA) is 20.2 Å². The second kappa shape index (κ2) is 3.56. The van der Waals surface area contributed by atoms with Crippen molar-refractivity contribution in [1.82, 2.24) is 0 Å². The van der Waals surface area contributed by atoms with Gasteiger partial charge in [-0.1, -0.05) is 18.5 Å². The summed E-state index contributed by atoms with van der Waals surface area (Å²) < 4.78 is 0.594. The summed E-state index contributed by atoms with van der Waals surface area (Å²) in [4.78, 5) is 0. The first-order valence-corrected chi connectivity index (χ1v) is 3.96. The molecule has 0 aliphatic heterocycles. The molecule has 0 aliphatic carbocycles. The molecule has 62 valence electrons. The van der Waals surface area contributed by atoms with E-state index in [9.17, 15) is 5.11 Å². The molecule has 3 heteroatoms. The summed E-state index contributed by atoms with van der Waals surface area (Å²) >= 11 is 5.93. The molecular weight excluding hydrogens is 150 g/mol. The molecule has 2 atom stereocenters. The number of quaternary nitrogens is 1. The van der Waals surface area contributed by atoms with E-state index in [1.807, 2.05) is 28.1 Å². The lowest BCUT2D eigenvalue weighted by atomic mass is 10.2. The third-order valence-corrected chi connectivity index (χ3v) is 2.35. The lowest BCUT2D eigenvalue weighted by Gasteiger charge is -2.32. The first-order valence-electron chi connectivity index (χ1n) is 3.52. The molecule has 0 unspecified atom stereocenters. The van der Waals surface area contributed by atoms with Crippen molar-refractivity contribution >= 4 is 11.6 Å². The van der Waals surface area contributed by atoms with Gasteiger partial charge in [-0.05, 0) is 6.42 Å².